The molecule has 0 saturated carbocycles. The van der Waals surface area contributed by atoms with E-state index >= 15 is 0 Å². The number of halogens is 3. The maximum absolute atomic E-state index is 12.1. The highest BCUT2D eigenvalue weighted by atomic mass is 19.4. The maximum atomic E-state index is 12.1. The first-order chi connectivity index (χ1) is 9.37. The van der Waals surface area contributed by atoms with Gasteiger partial charge in [-0.15, -0.1) is 0 Å². The molecule has 0 radical (unpaired) electrons. The van der Waals surface area contributed by atoms with Crippen molar-refractivity contribution in [3.8, 4) is 5.75 Å². The molecule has 1 saturated heterocycles. The largest absolute Gasteiger partial charge is 0.484 e. The van der Waals surface area contributed by atoms with Gasteiger partial charge in [0, 0.05) is 12.6 Å². The summed E-state index contributed by atoms with van der Waals surface area (Å²) in [6.45, 7) is -0.421. The van der Waals surface area contributed by atoms with Crippen molar-refractivity contribution in [2.45, 2.75) is 12.2 Å². The van der Waals surface area contributed by atoms with Crippen molar-refractivity contribution in [2.75, 3.05) is 26.9 Å². The standard InChI is InChI=1S/C13H14F3NO3/c1-17(10-6-19-7-10)12(18)9-3-2-4-11(5-9)20-8-13(14,15)16/h2-5,10H,6-8H2,1H3. The van der Waals surface area contributed by atoms with Crippen LogP contribution >= 0.6 is 0 Å². The summed E-state index contributed by atoms with van der Waals surface area (Å²) in [5, 5.41) is 0. The Morgan fingerprint density at radius 3 is 2.70 bits per heavy atom. The molecule has 110 valence electrons. The van der Waals surface area contributed by atoms with Gasteiger partial charge in [0.2, 0.25) is 0 Å². The molecule has 0 spiro atoms. The summed E-state index contributed by atoms with van der Waals surface area (Å²) in [5.41, 5.74) is 0.291. The zero-order valence-corrected chi connectivity index (χ0v) is 10.8. The van der Waals surface area contributed by atoms with Crippen LogP contribution in [0, 0.1) is 0 Å². The zero-order chi connectivity index (χ0) is 14.8. The molecular weight excluding hydrogens is 275 g/mol. The van der Waals surface area contributed by atoms with Crippen LogP contribution in [0.1, 0.15) is 10.4 Å². The fourth-order valence-corrected chi connectivity index (χ4v) is 1.70. The lowest BCUT2D eigenvalue weighted by molar-refractivity contribution is -0.153. The number of ether oxygens (including phenoxy) is 2. The second-order valence-corrected chi connectivity index (χ2v) is 4.54. The average Bonchev–Trinajstić information content (AvgIpc) is 2.33. The molecule has 1 aliphatic rings. The minimum Gasteiger partial charge on any atom is -0.484 e. The lowest BCUT2D eigenvalue weighted by Crippen LogP contribution is -2.49. The van der Waals surface area contributed by atoms with Crippen molar-refractivity contribution in [1.29, 1.82) is 0 Å². The maximum Gasteiger partial charge on any atom is 0.422 e. The van der Waals surface area contributed by atoms with Crippen molar-refractivity contribution in [3.63, 3.8) is 0 Å². The van der Waals surface area contributed by atoms with Crippen LogP contribution in [0.2, 0.25) is 0 Å². The van der Waals surface area contributed by atoms with E-state index in [2.05, 4.69) is 4.74 Å². The zero-order valence-electron chi connectivity index (χ0n) is 10.8. The summed E-state index contributed by atoms with van der Waals surface area (Å²) in [7, 11) is 1.64. The van der Waals surface area contributed by atoms with Gasteiger partial charge in [0.1, 0.15) is 5.75 Å². The van der Waals surface area contributed by atoms with Crippen LogP contribution < -0.4 is 4.74 Å². The van der Waals surface area contributed by atoms with Gasteiger partial charge in [-0.2, -0.15) is 13.2 Å². The van der Waals surface area contributed by atoms with Crippen LogP contribution in [0.15, 0.2) is 24.3 Å². The lowest BCUT2D eigenvalue weighted by atomic mass is 10.1. The summed E-state index contributed by atoms with van der Waals surface area (Å²) in [6, 6.07) is 5.74. The molecule has 7 heteroatoms. The molecule has 0 atom stereocenters. The summed E-state index contributed by atoms with van der Waals surface area (Å²) in [4.78, 5) is 13.6. The van der Waals surface area contributed by atoms with Crippen LogP contribution in [0.4, 0.5) is 13.2 Å². The first-order valence-corrected chi connectivity index (χ1v) is 6.01. The van der Waals surface area contributed by atoms with Gasteiger partial charge in [-0.05, 0) is 18.2 Å². The van der Waals surface area contributed by atoms with E-state index in [1.165, 1.54) is 23.1 Å². The van der Waals surface area contributed by atoms with E-state index in [1.807, 2.05) is 0 Å². The van der Waals surface area contributed by atoms with Crippen LogP contribution in [0.5, 0.6) is 5.75 Å². The number of carbonyl (C=O) groups is 1. The molecule has 0 bridgehead atoms. The van der Waals surface area contributed by atoms with E-state index in [0.717, 1.165) is 0 Å². The Balaban J connectivity index is 2.03. The molecule has 1 heterocycles. The number of likely N-dealkylation sites (N-methyl/N-ethyl adjacent to an activating group) is 1. The second kappa shape index (κ2) is 5.70. The minimum absolute atomic E-state index is 0.0160. The average molecular weight is 289 g/mol. The molecule has 1 aromatic rings. The van der Waals surface area contributed by atoms with E-state index in [0.29, 0.717) is 18.8 Å². The van der Waals surface area contributed by atoms with Gasteiger partial charge in [0.15, 0.2) is 6.61 Å². The molecule has 1 fully saturated rings. The minimum atomic E-state index is -4.40. The quantitative estimate of drug-likeness (QED) is 0.852. The van der Waals surface area contributed by atoms with Gasteiger partial charge in [0.25, 0.3) is 5.91 Å². The molecular formula is C13H14F3NO3. The molecule has 1 aromatic carbocycles. The predicted octanol–water partition coefficient (Wildman–Crippen LogP) is 2.10. The Labute approximate surface area is 114 Å². The third-order valence-electron chi connectivity index (χ3n) is 2.97. The third-order valence-corrected chi connectivity index (χ3v) is 2.97. The topological polar surface area (TPSA) is 38.8 Å². The number of hydrogen-bond donors (Lipinski definition) is 0. The molecule has 0 N–H and O–H groups in total. The summed E-state index contributed by atoms with van der Waals surface area (Å²) < 4.78 is 45.8. The molecule has 2 rings (SSSR count). The molecule has 20 heavy (non-hydrogen) atoms. The van der Waals surface area contributed by atoms with Crippen LogP contribution in [0.25, 0.3) is 0 Å². The highest BCUT2D eigenvalue weighted by molar-refractivity contribution is 5.94. The Morgan fingerprint density at radius 2 is 2.15 bits per heavy atom. The second-order valence-electron chi connectivity index (χ2n) is 4.54. The highest BCUT2D eigenvalue weighted by Crippen LogP contribution is 2.20. The van der Waals surface area contributed by atoms with Crippen LogP contribution in [-0.4, -0.2) is 49.9 Å². The first kappa shape index (κ1) is 14.6. The Hall–Kier alpha value is -1.76. The molecule has 4 nitrogen and oxygen atoms in total. The van der Waals surface area contributed by atoms with E-state index in [9.17, 15) is 18.0 Å². The van der Waals surface area contributed by atoms with Gasteiger partial charge in [0.05, 0.1) is 19.3 Å². The number of carbonyl (C=O) groups excluding carboxylic acids is 1. The summed E-state index contributed by atoms with van der Waals surface area (Å²) >= 11 is 0. The predicted molar refractivity (Wildman–Crippen MR) is 64.7 cm³/mol. The molecule has 0 aromatic heterocycles. The van der Waals surface area contributed by atoms with Crippen molar-refractivity contribution < 1.29 is 27.4 Å². The number of benzene rings is 1. The number of rotatable bonds is 4. The molecule has 0 unspecified atom stereocenters. The number of amides is 1. The van der Waals surface area contributed by atoms with Crippen molar-refractivity contribution >= 4 is 5.91 Å². The SMILES string of the molecule is CN(C(=O)c1cccc(OCC(F)(F)F)c1)C1COC1. The number of hydrogen-bond acceptors (Lipinski definition) is 3. The molecule has 1 amide bonds. The van der Waals surface area contributed by atoms with Gasteiger partial charge < -0.3 is 14.4 Å². The van der Waals surface area contributed by atoms with Gasteiger partial charge in [-0.1, -0.05) is 6.07 Å². The summed E-state index contributed by atoms with van der Waals surface area (Å²) in [5.74, 6) is -0.248. The Bertz CT molecular complexity index is 486. The fourth-order valence-electron chi connectivity index (χ4n) is 1.70. The monoisotopic (exact) mass is 289 g/mol. The van der Waals surface area contributed by atoms with E-state index in [4.69, 9.17) is 4.74 Å². The highest BCUT2D eigenvalue weighted by Gasteiger charge is 2.29. The smallest absolute Gasteiger partial charge is 0.422 e. The van der Waals surface area contributed by atoms with Crippen molar-refractivity contribution in [3.05, 3.63) is 29.8 Å². The van der Waals surface area contributed by atoms with Crippen LogP contribution in [0.3, 0.4) is 0 Å². The normalized spacial score (nSPS) is 15.6. The van der Waals surface area contributed by atoms with Crippen LogP contribution in [-0.2, 0) is 4.74 Å². The van der Waals surface area contributed by atoms with E-state index < -0.39 is 12.8 Å². The number of alkyl halides is 3. The number of nitrogens with zero attached hydrogens (tertiary/aromatic N) is 1. The molecule has 1 aliphatic heterocycles. The van der Waals surface area contributed by atoms with Gasteiger partial charge in [-0.25, -0.2) is 0 Å². The fraction of sp³-hybridized carbons (Fsp3) is 0.462. The van der Waals surface area contributed by atoms with Crippen molar-refractivity contribution in [1.82, 2.24) is 4.90 Å². The Morgan fingerprint density at radius 1 is 1.45 bits per heavy atom. The Kier molecular flexibility index (Phi) is 4.17. The van der Waals surface area contributed by atoms with E-state index in [1.54, 1.807) is 13.1 Å². The van der Waals surface area contributed by atoms with Crippen molar-refractivity contribution in [2.24, 2.45) is 0 Å². The lowest BCUT2D eigenvalue weighted by Gasteiger charge is -2.34. The third kappa shape index (κ3) is 3.63. The summed E-state index contributed by atoms with van der Waals surface area (Å²) in [6.07, 6.45) is -4.40. The van der Waals surface area contributed by atoms with Gasteiger partial charge in [-0.3, -0.25) is 4.79 Å². The van der Waals surface area contributed by atoms with Gasteiger partial charge >= 0.3 is 6.18 Å². The first-order valence-electron chi connectivity index (χ1n) is 6.01. The molecule has 0 aliphatic carbocycles. The van der Waals surface area contributed by atoms with E-state index in [-0.39, 0.29) is 17.7 Å².